The van der Waals surface area contributed by atoms with Gasteiger partial charge in [0.25, 0.3) is 0 Å². The highest BCUT2D eigenvalue weighted by Crippen LogP contribution is 1.88. The summed E-state index contributed by atoms with van der Waals surface area (Å²) in [4.78, 5) is 0. The summed E-state index contributed by atoms with van der Waals surface area (Å²) >= 11 is 4.56. The third kappa shape index (κ3) is 5.50. The molecule has 4 heteroatoms. The third-order valence-corrected chi connectivity index (χ3v) is 1.06. The number of nitrogens with zero attached hydrogens (tertiary/aromatic N) is 1. The lowest BCUT2D eigenvalue weighted by Gasteiger charge is -1.97. The molecule has 0 saturated carbocycles. The first kappa shape index (κ1) is 9.36. The molecular weight excluding hydrogens is 146 g/mol. The third-order valence-electron chi connectivity index (χ3n) is 0.969. The average Bonchev–Trinajstić information content (AvgIpc) is 1.85. The minimum atomic E-state index is 0.218. The molecule has 0 bridgehead atoms. The van der Waals surface area contributed by atoms with Crippen LogP contribution in [0.5, 0.6) is 0 Å². The van der Waals surface area contributed by atoms with Crippen molar-refractivity contribution in [3.8, 4) is 0 Å². The molecule has 0 aromatic heterocycles. The summed E-state index contributed by atoms with van der Waals surface area (Å²) in [6.45, 7) is 4.04. The van der Waals surface area contributed by atoms with Gasteiger partial charge in [0.05, 0.1) is 0 Å². The van der Waals surface area contributed by atoms with Gasteiger partial charge in [-0.3, -0.25) is 5.43 Å². The van der Waals surface area contributed by atoms with E-state index in [-0.39, 0.29) is 5.11 Å². The lowest BCUT2D eigenvalue weighted by Crippen LogP contribution is -2.25. The number of rotatable bonds is 3. The molecule has 0 saturated heterocycles. The number of nitrogens with one attached hydrogen (secondary N) is 1. The van der Waals surface area contributed by atoms with Gasteiger partial charge in [-0.2, -0.15) is 5.10 Å². The quantitative estimate of drug-likeness (QED) is 0.367. The summed E-state index contributed by atoms with van der Waals surface area (Å²) < 4.78 is 0. The standard InChI is InChI=1S/C6H13N3S/c1-3-4-5(2)8-9-6(7)10/h3-4H2,1-2H3,(H3,7,9,10)/b8-5-. The van der Waals surface area contributed by atoms with E-state index in [2.05, 4.69) is 29.7 Å². The zero-order chi connectivity index (χ0) is 7.98. The van der Waals surface area contributed by atoms with Gasteiger partial charge >= 0.3 is 0 Å². The Balaban J connectivity index is 3.57. The van der Waals surface area contributed by atoms with E-state index in [4.69, 9.17) is 5.73 Å². The second-order valence-corrected chi connectivity index (χ2v) is 2.51. The Morgan fingerprint density at radius 3 is 2.70 bits per heavy atom. The second kappa shape index (κ2) is 5.17. The van der Waals surface area contributed by atoms with Gasteiger partial charge < -0.3 is 5.73 Å². The van der Waals surface area contributed by atoms with Crippen molar-refractivity contribution >= 4 is 23.0 Å². The Labute approximate surface area is 66.7 Å². The SMILES string of the molecule is CCC/C(C)=N\NC(N)=S. The van der Waals surface area contributed by atoms with Crippen LogP contribution in [0.15, 0.2) is 5.10 Å². The van der Waals surface area contributed by atoms with Crippen LogP contribution >= 0.6 is 12.2 Å². The van der Waals surface area contributed by atoms with Crippen molar-refractivity contribution in [2.75, 3.05) is 0 Å². The highest BCUT2D eigenvalue weighted by molar-refractivity contribution is 7.80. The zero-order valence-corrected chi connectivity index (χ0v) is 7.16. The summed E-state index contributed by atoms with van der Waals surface area (Å²) in [7, 11) is 0. The number of thiocarbonyl (C=S) groups is 1. The van der Waals surface area contributed by atoms with Gasteiger partial charge in [0.1, 0.15) is 0 Å². The van der Waals surface area contributed by atoms with Crippen LogP contribution in [0.1, 0.15) is 26.7 Å². The first-order chi connectivity index (χ1) is 4.66. The maximum atomic E-state index is 5.15. The van der Waals surface area contributed by atoms with Gasteiger partial charge in [-0.1, -0.05) is 13.3 Å². The van der Waals surface area contributed by atoms with Crippen molar-refractivity contribution in [2.45, 2.75) is 26.7 Å². The highest BCUT2D eigenvalue weighted by Gasteiger charge is 1.87. The molecule has 3 nitrogen and oxygen atoms in total. The van der Waals surface area contributed by atoms with Gasteiger partial charge in [0.2, 0.25) is 0 Å². The summed E-state index contributed by atoms with van der Waals surface area (Å²) in [5.41, 5.74) is 8.70. The van der Waals surface area contributed by atoms with Gasteiger partial charge in [-0.25, -0.2) is 0 Å². The van der Waals surface area contributed by atoms with Crippen molar-refractivity contribution in [3.05, 3.63) is 0 Å². The zero-order valence-electron chi connectivity index (χ0n) is 6.35. The van der Waals surface area contributed by atoms with Crippen LogP contribution in [-0.4, -0.2) is 10.8 Å². The molecule has 0 aliphatic rings. The lowest BCUT2D eigenvalue weighted by atomic mass is 10.2. The molecule has 0 fully saturated rings. The molecule has 0 aliphatic carbocycles. The van der Waals surface area contributed by atoms with E-state index in [9.17, 15) is 0 Å². The predicted octanol–water partition coefficient (Wildman–Crippen LogP) is 0.996. The van der Waals surface area contributed by atoms with Crippen LogP contribution in [0.2, 0.25) is 0 Å². The Morgan fingerprint density at radius 1 is 1.70 bits per heavy atom. The van der Waals surface area contributed by atoms with E-state index in [1.165, 1.54) is 0 Å². The molecule has 0 aromatic carbocycles. The van der Waals surface area contributed by atoms with Crippen molar-refractivity contribution in [3.63, 3.8) is 0 Å². The van der Waals surface area contributed by atoms with Gasteiger partial charge in [-0.05, 0) is 25.6 Å². The molecule has 0 heterocycles. The first-order valence-corrected chi connectivity index (χ1v) is 3.66. The van der Waals surface area contributed by atoms with Crippen LogP contribution in [-0.2, 0) is 0 Å². The van der Waals surface area contributed by atoms with E-state index in [0.717, 1.165) is 18.6 Å². The fraction of sp³-hybridized carbons (Fsp3) is 0.667. The monoisotopic (exact) mass is 159 g/mol. The Kier molecular flexibility index (Phi) is 4.84. The fourth-order valence-electron chi connectivity index (χ4n) is 0.568. The molecule has 0 unspecified atom stereocenters. The van der Waals surface area contributed by atoms with Crippen molar-refractivity contribution in [1.82, 2.24) is 5.43 Å². The molecule has 0 aromatic rings. The number of hydrogen-bond acceptors (Lipinski definition) is 2. The average molecular weight is 159 g/mol. The first-order valence-electron chi connectivity index (χ1n) is 3.25. The minimum Gasteiger partial charge on any atom is -0.375 e. The van der Waals surface area contributed by atoms with E-state index in [0.29, 0.717) is 0 Å². The molecule has 0 radical (unpaired) electrons. The van der Waals surface area contributed by atoms with E-state index >= 15 is 0 Å². The largest absolute Gasteiger partial charge is 0.375 e. The number of hydrazone groups is 1. The molecule has 0 spiro atoms. The summed E-state index contributed by atoms with van der Waals surface area (Å²) in [6, 6.07) is 0. The molecule has 0 atom stereocenters. The molecule has 0 aliphatic heterocycles. The molecule has 58 valence electrons. The van der Waals surface area contributed by atoms with E-state index in [1.807, 2.05) is 6.92 Å². The van der Waals surface area contributed by atoms with Crippen LogP contribution < -0.4 is 11.2 Å². The smallest absolute Gasteiger partial charge is 0.184 e. The number of hydrogen-bond donors (Lipinski definition) is 2. The van der Waals surface area contributed by atoms with E-state index in [1.54, 1.807) is 0 Å². The molecular formula is C6H13N3S. The summed E-state index contributed by atoms with van der Waals surface area (Å²) in [5.74, 6) is 0. The number of nitrogens with two attached hydrogens (primary N) is 1. The van der Waals surface area contributed by atoms with Crippen molar-refractivity contribution in [1.29, 1.82) is 0 Å². The van der Waals surface area contributed by atoms with Crippen molar-refractivity contribution < 1.29 is 0 Å². The molecule has 10 heavy (non-hydrogen) atoms. The normalized spacial score (nSPS) is 11.2. The van der Waals surface area contributed by atoms with Crippen LogP contribution in [0.3, 0.4) is 0 Å². The van der Waals surface area contributed by atoms with Gasteiger partial charge in [0, 0.05) is 5.71 Å². The topological polar surface area (TPSA) is 50.4 Å². The Morgan fingerprint density at radius 2 is 2.30 bits per heavy atom. The minimum absolute atomic E-state index is 0.218. The van der Waals surface area contributed by atoms with Crippen molar-refractivity contribution in [2.24, 2.45) is 10.8 Å². The Hall–Kier alpha value is -0.640. The highest BCUT2D eigenvalue weighted by atomic mass is 32.1. The Bertz CT molecular complexity index is 142. The van der Waals surface area contributed by atoms with Crippen LogP contribution in [0.4, 0.5) is 0 Å². The molecule has 0 rings (SSSR count). The maximum Gasteiger partial charge on any atom is 0.184 e. The lowest BCUT2D eigenvalue weighted by molar-refractivity contribution is 0.946. The molecule has 0 amide bonds. The van der Waals surface area contributed by atoms with Crippen LogP contribution in [0, 0.1) is 0 Å². The van der Waals surface area contributed by atoms with Gasteiger partial charge in [0.15, 0.2) is 5.11 Å². The summed E-state index contributed by atoms with van der Waals surface area (Å²) in [6.07, 6.45) is 2.07. The predicted molar refractivity (Wildman–Crippen MR) is 47.9 cm³/mol. The maximum absolute atomic E-state index is 5.15. The van der Waals surface area contributed by atoms with E-state index < -0.39 is 0 Å². The van der Waals surface area contributed by atoms with Crippen LogP contribution in [0.25, 0.3) is 0 Å². The molecule has 3 N–H and O–H groups in total. The second-order valence-electron chi connectivity index (χ2n) is 2.07. The fourth-order valence-corrected chi connectivity index (χ4v) is 0.614. The summed E-state index contributed by atoms with van der Waals surface area (Å²) in [5, 5.41) is 4.13. The van der Waals surface area contributed by atoms with Gasteiger partial charge in [-0.15, -0.1) is 0 Å².